The lowest BCUT2D eigenvalue weighted by molar-refractivity contribution is 0.605. The van der Waals surface area contributed by atoms with E-state index < -0.39 is 10.0 Å². The average molecular weight is 337 g/mol. The lowest BCUT2D eigenvalue weighted by Crippen LogP contribution is -2.26. The monoisotopic (exact) mass is 336 g/mol. The first-order valence-electron chi connectivity index (χ1n) is 4.77. The number of thiocarbonyl (C=S) groups is 1. The Morgan fingerprint density at radius 2 is 2.06 bits per heavy atom. The molecule has 4 nitrogen and oxygen atoms in total. The summed E-state index contributed by atoms with van der Waals surface area (Å²) in [5, 5.41) is 0. The van der Waals surface area contributed by atoms with Crippen LogP contribution in [0.5, 0.6) is 0 Å². The van der Waals surface area contributed by atoms with Gasteiger partial charge in [0.05, 0.1) is 10.7 Å². The van der Waals surface area contributed by atoms with E-state index in [1.54, 1.807) is 0 Å². The third kappa shape index (κ3) is 4.25. The summed E-state index contributed by atoms with van der Waals surface area (Å²) in [6.07, 6.45) is 0. The Labute approximate surface area is 115 Å². The molecule has 0 aromatic heterocycles. The third-order valence-corrected chi connectivity index (χ3v) is 4.18. The van der Waals surface area contributed by atoms with Gasteiger partial charge in [0.15, 0.2) is 0 Å². The number of anilines is 1. The molecule has 0 fully saturated rings. The quantitative estimate of drug-likeness (QED) is 0.826. The molecular formula is C10H13BrN2O2S2. The van der Waals surface area contributed by atoms with Gasteiger partial charge in [-0.3, -0.25) is 4.72 Å². The van der Waals surface area contributed by atoms with E-state index in [-0.39, 0.29) is 10.7 Å². The number of benzene rings is 1. The summed E-state index contributed by atoms with van der Waals surface area (Å²) in [4.78, 5) is -0.0570. The van der Waals surface area contributed by atoms with Crippen molar-refractivity contribution < 1.29 is 8.42 Å². The highest BCUT2D eigenvalue weighted by Gasteiger charge is 2.15. The third-order valence-electron chi connectivity index (χ3n) is 2.02. The fraction of sp³-hybridized carbons (Fsp3) is 0.300. The highest BCUT2D eigenvalue weighted by Crippen LogP contribution is 2.28. The van der Waals surface area contributed by atoms with Gasteiger partial charge in [0.25, 0.3) is 0 Å². The van der Waals surface area contributed by atoms with Crippen LogP contribution in [0.2, 0.25) is 0 Å². The first-order chi connectivity index (χ1) is 7.71. The molecule has 1 rings (SSSR count). The molecule has 0 amide bonds. The van der Waals surface area contributed by atoms with Gasteiger partial charge in [-0.05, 0) is 47.0 Å². The van der Waals surface area contributed by atoms with Crippen molar-refractivity contribution in [2.24, 2.45) is 5.73 Å². The second-order valence-electron chi connectivity index (χ2n) is 3.77. The topological polar surface area (TPSA) is 72.2 Å². The summed E-state index contributed by atoms with van der Waals surface area (Å²) in [6.45, 7) is 3.77. The van der Waals surface area contributed by atoms with Gasteiger partial charge in [-0.2, -0.15) is 0 Å². The Balaban J connectivity index is 3.08. The van der Waals surface area contributed by atoms with Crippen LogP contribution in [-0.4, -0.2) is 19.2 Å². The highest BCUT2D eigenvalue weighted by atomic mass is 79.9. The van der Waals surface area contributed by atoms with E-state index in [0.29, 0.717) is 10.2 Å². The summed E-state index contributed by atoms with van der Waals surface area (Å²) < 4.78 is 26.6. The number of aryl methyl sites for hydroxylation is 2. The Morgan fingerprint density at radius 1 is 1.47 bits per heavy atom. The number of rotatable bonds is 4. The minimum atomic E-state index is -3.54. The number of halogens is 1. The second-order valence-corrected chi connectivity index (χ2v) is 6.87. The Morgan fingerprint density at radius 3 is 2.53 bits per heavy atom. The van der Waals surface area contributed by atoms with Crippen LogP contribution in [0.3, 0.4) is 0 Å². The number of nitrogens with one attached hydrogen (secondary N) is 1. The molecule has 3 N–H and O–H groups in total. The minimum absolute atomic E-state index is 0.0570. The lowest BCUT2D eigenvalue weighted by Gasteiger charge is -2.12. The Bertz CT molecular complexity index is 532. The average Bonchev–Trinajstić information content (AvgIpc) is 2.09. The van der Waals surface area contributed by atoms with Crippen LogP contribution in [-0.2, 0) is 10.0 Å². The minimum Gasteiger partial charge on any atom is -0.392 e. The van der Waals surface area contributed by atoms with Gasteiger partial charge in [0, 0.05) is 4.47 Å². The molecule has 1 aromatic rings. The number of hydrogen-bond acceptors (Lipinski definition) is 3. The van der Waals surface area contributed by atoms with Gasteiger partial charge in [0.2, 0.25) is 10.0 Å². The lowest BCUT2D eigenvalue weighted by atomic mass is 10.1. The molecule has 0 heterocycles. The van der Waals surface area contributed by atoms with E-state index in [0.717, 1.165) is 11.1 Å². The van der Waals surface area contributed by atoms with Crippen LogP contribution in [0.15, 0.2) is 16.6 Å². The van der Waals surface area contributed by atoms with Gasteiger partial charge < -0.3 is 5.73 Å². The number of hydrogen-bond donors (Lipinski definition) is 2. The standard InChI is InChI=1S/C10H13BrN2O2S2/c1-6-3-7(2)10(8(11)4-6)13-17(14,15)5-9(12)16/h3-4,13H,5H2,1-2H3,(H2,12,16). The van der Waals surface area contributed by atoms with Crippen molar-refractivity contribution >= 4 is 48.8 Å². The Hall–Kier alpha value is -0.660. The van der Waals surface area contributed by atoms with E-state index in [4.69, 9.17) is 5.73 Å². The van der Waals surface area contributed by atoms with Crippen molar-refractivity contribution in [2.75, 3.05) is 10.5 Å². The van der Waals surface area contributed by atoms with Crippen molar-refractivity contribution in [1.82, 2.24) is 0 Å². The second kappa shape index (κ2) is 5.32. The van der Waals surface area contributed by atoms with Crippen molar-refractivity contribution in [1.29, 1.82) is 0 Å². The molecule has 0 atom stereocenters. The van der Waals surface area contributed by atoms with Crippen LogP contribution >= 0.6 is 28.1 Å². The van der Waals surface area contributed by atoms with Crippen molar-refractivity contribution in [3.8, 4) is 0 Å². The van der Waals surface area contributed by atoms with Gasteiger partial charge in [-0.15, -0.1) is 0 Å². The number of nitrogens with two attached hydrogens (primary N) is 1. The summed E-state index contributed by atoms with van der Waals surface area (Å²) >= 11 is 7.92. The van der Waals surface area contributed by atoms with E-state index in [9.17, 15) is 8.42 Å². The first-order valence-corrected chi connectivity index (χ1v) is 7.62. The smallest absolute Gasteiger partial charge is 0.239 e. The molecule has 1 aromatic carbocycles. The van der Waals surface area contributed by atoms with Crippen molar-refractivity contribution in [3.05, 3.63) is 27.7 Å². The largest absolute Gasteiger partial charge is 0.392 e. The zero-order valence-electron chi connectivity index (χ0n) is 9.45. The van der Waals surface area contributed by atoms with Gasteiger partial charge >= 0.3 is 0 Å². The van der Waals surface area contributed by atoms with Crippen LogP contribution in [0, 0.1) is 13.8 Å². The summed E-state index contributed by atoms with van der Waals surface area (Å²) in [5.74, 6) is -0.359. The van der Waals surface area contributed by atoms with Gasteiger partial charge in [-0.25, -0.2) is 8.42 Å². The molecule has 0 radical (unpaired) electrons. The molecule has 0 aliphatic carbocycles. The van der Waals surface area contributed by atoms with Gasteiger partial charge in [0.1, 0.15) is 5.75 Å². The summed E-state index contributed by atoms with van der Waals surface area (Å²) in [5.41, 5.74) is 7.64. The molecule has 17 heavy (non-hydrogen) atoms. The molecule has 0 saturated carbocycles. The predicted octanol–water partition coefficient (Wildman–Crippen LogP) is 2.09. The molecule has 0 spiro atoms. The van der Waals surface area contributed by atoms with Crippen molar-refractivity contribution in [3.63, 3.8) is 0 Å². The van der Waals surface area contributed by atoms with E-state index in [2.05, 4.69) is 32.9 Å². The molecule has 0 aliphatic rings. The zero-order chi connectivity index (χ0) is 13.2. The molecule has 0 saturated heterocycles. The fourth-order valence-corrected chi connectivity index (χ4v) is 3.82. The molecular weight excluding hydrogens is 324 g/mol. The maximum atomic E-state index is 11.7. The Kier molecular flexibility index (Phi) is 4.51. The summed E-state index contributed by atoms with van der Waals surface area (Å²) in [6, 6.07) is 3.73. The SMILES string of the molecule is Cc1cc(C)c(NS(=O)(=O)CC(N)=S)c(Br)c1. The molecule has 0 unspecified atom stereocenters. The van der Waals surface area contributed by atoms with Crippen molar-refractivity contribution in [2.45, 2.75) is 13.8 Å². The maximum absolute atomic E-state index is 11.7. The summed E-state index contributed by atoms with van der Waals surface area (Å²) in [7, 11) is -3.54. The normalized spacial score (nSPS) is 11.2. The maximum Gasteiger partial charge on any atom is 0.239 e. The number of sulfonamides is 1. The predicted molar refractivity (Wildman–Crippen MR) is 77.8 cm³/mol. The van der Waals surface area contributed by atoms with Crippen LogP contribution in [0.1, 0.15) is 11.1 Å². The van der Waals surface area contributed by atoms with Crippen LogP contribution in [0.4, 0.5) is 5.69 Å². The molecule has 94 valence electrons. The van der Waals surface area contributed by atoms with Gasteiger partial charge in [-0.1, -0.05) is 18.3 Å². The highest BCUT2D eigenvalue weighted by molar-refractivity contribution is 9.10. The van der Waals surface area contributed by atoms with Crippen LogP contribution in [0.25, 0.3) is 0 Å². The van der Waals surface area contributed by atoms with E-state index in [1.165, 1.54) is 0 Å². The molecule has 0 aliphatic heterocycles. The van der Waals surface area contributed by atoms with E-state index >= 15 is 0 Å². The zero-order valence-corrected chi connectivity index (χ0v) is 12.7. The fourth-order valence-electron chi connectivity index (χ4n) is 1.42. The molecule has 7 heteroatoms. The van der Waals surface area contributed by atoms with E-state index in [1.807, 2.05) is 26.0 Å². The molecule has 0 bridgehead atoms. The first kappa shape index (κ1) is 14.4. The van der Waals surface area contributed by atoms with Crippen LogP contribution < -0.4 is 10.5 Å².